The van der Waals surface area contributed by atoms with Crippen LogP contribution in [0.5, 0.6) is 0 Å². The number of nitrogens with zero attached hydrogens (tertiary/aromatic N) is 2. The van der Waals surface area contributed by atoms with E-state index in [1.807, 2.05) is 0 Å². The SMILES string of the molecule is CC(C)(C)N1CCC2(CC1)NC(=O)N(CC1CCOCC1)C2=O. The third kappa shape index (κ3) is 3.24. The van der Waals surface area contributed by atoms with Gasteiger partial charge >= 0.3 is 6.03 Å². The third-order valence-electron chi connectivity index (χ3n) is 5.59. The number of amides is 3. The van der Waals surface area contributed by atoms with E-state index in [9.17, 15) is 9.59 Å². The van der Waals surface area contributed by atoms with Gasteiger partial charge in [-0.2, -0.15) is 0 Å². The van der Waals surface area contributed by atoms with E-state index in [0.717, 1.165) is 39.1 Å². The van der Waals surface area contributed by atoms with Gasteiger partial charge in [0.1, 0.15) is 5.54 Å². The molecule has 3 saturated heterocycles. The van der Waals surface area contributed by atoms with Gasteiger partial charge in [0.05, 0.1) is 0 Å². The molecule has 0 aromatic rings. The van der Waals surface area contributed by atoms with E-state index in [1.165, 1.54) is 4.90 Å². The molecule has 3 aliphatic rings. The van der Waals surface area contributed by atoms with Crippen molar-refractivity contribution in [3.05, 3.63) is 0 Å². The Labute approximate surface area is 138 Å². The Kier molecular flexibility index (Phi) is 4.40. The van der Waals surface area contributed by atoms with Gasteiger partial charge in [0.25, 0.3) is 5.91 Å². The standard InChI is InChI=1S/C17H29N3O3/c1-16(2,3)19-8-6-17(7-9-19)14(21)20(15(22)18-17)12-13-4-10-23-11-5-13/h13H,4-12H2,1-3H3,(H,18,22). The molecule has 0 aromatic carbocycles. The van der Waals surface area contributed by atoms with Gasteiger partial charge in [-0.3, -0.25) is 14.6 Å². The van der Waals surface area contributed by atoms with Gasteiger partial charge in [-0.15, -0.1) is 0 Å². The van der Waals surface area contributed by atoms with Crippen LogP contribution in [0.15, 0.2) is 0 Å². The minimum Gasteiger partial charge on any atom is -0.381 e. The average Bonchev–Trinajstić information content (AvgIpc) is 2.72. The number of ether oxygens (including phenoxy) is 1. The molecule has 6 heteroatoms. The molecule has 0 unspecified atom stereocenters. The molecule has 0 radical (unpaired) electrons. The molecular formula is C17H29N3O3. The first kappa shape index (κ1) is 16.7. The normalized spacial score (nSPS) is 26.8. The predicted molar refractivity (Wildman–Crippen MR) is 87.1 cm³/mol. The molecule has 0 bridgehead atoms. The zero-order valence-corrected chi connectivity index (χ0v) is 14.6. The number of likely N-dealkylation sites (tertiary alicyclic amines) is 1. The van der Waals surface area contributed by atoms with Crippen molar-refractivity contribution in [3.8, 4) is 0 Å². The lowest BCUT2D eigenvalue weighted by molar-refractivity contribution is -0.134. The van der Waals surface area contributed by atoms with Crippen molar-refractivity contribution in [2.24, 2.45) is 5.92 Å². The highest BCUT2D eigenvalue weighted by Gasteiger charge is 2.53. The summed E-state index contributed by atoms with van der Waals surface area (Å²) in [6.45, 7) is 10.3. The lowest BCUT2D eigenvalue weighted by Crippen LogP contribution is -2.58. The predicted octanol–water partition coefficient (Wildman–Crippen LogP) is 1.60. The molecule has 0 atom stereocenters. The maximum absolute atomic E-state index is 12.9. The van der Waals surface area contributed by atoms with Crippen LogP contribution in [-0.2, 0) is 9.53 Å². The third-order valence-corrected chi connectivity index (χ3v) is 5.59. The van der Waals surface area contributed by atoms with Crippen LogP contribution in [0.2, 0.25) is 0 Å². The van der Waals surface area contributed by atoms with Crippen LogP contribution in [0.4, 0.5) is 4.79 Å². The number of rotatable bonds is 2. The summed E-state index contributed by atoms with van der Waals surface area (Å²) in [6.07, 6.45) is 3.28. The zero-order valence-electron chi connectivity index (χ0n) is 14.6. The van der Waals surface area contributed by atoms with Crippen molar-refractivity contribution in [2.75, 3.05) is 32.8 Å². The lowest BCUT2D eigenvalue weighted by Gasteiger charge is -2.43. The van der Waals surface area contributed by atoms with Crippen molar-refractivity contribution in [1.29, 1.82) is 0 Å². The summed E-state index contributed by atoms with van der Waals surface area (Å²) in [6, 6.07) is -0.203. The number of carbonyl (C=O) groups is 2. The van der Waals surface area contributed by atoms with Crippen LogP contribution in [0.25, 0.3) is 0 Å². The smallest absolute Gasteiger partial charge is 0.325 e. The molecule has 3 rings (SSSR count). The summed E-state index contributed by atoms with van der Waals surface area (Å²) in [5.41, 5.74) is -0.556. The summed E-state index contributed by atoms with van der Waals surface area (Å²) in [4.78, 5) is 29.1. The molecule has 0 aliphatic carbocycles. The molecule has 3 aliphatic heterocycles. The molecule has 0 aromatic heterocycles. The van der Waals surface area contributed by atoms with Crippen LogP contribution in [0, 0.1) is 5.92 Å². The number of carbonyl (C=O) groups excluding carboxylic acids is 2. The van der Waals surface area contributed by atoms with Crippen molar-refractivity contribution in [3.63, 3.8) is 0 Å². The largest absolute Gasteiger partial charge is 0.381 e. The van der Waals surface area contributed by atoms with E-state index in [-0.39, 0.29) is 17.5 Å². The van der Waals surface area contributed by atoms with Crippen molar-refractivity contribution in [1.82, 2.24) is 15.1 Å². The van der Waals surface area contributed by atoms with Gasteiger partial charge in [0.15, 0.2) is 0 Å². The number of urea groups is 1. The van der Waals surface area contributed by atoms with E-state index in [0.29, 0.717) is 25.3 Å². The molecule has 1 N–H and O–H groups in total. The second kappa shape index (κ2) is 6.06. The summed E-state index contributed by atoms with van der Waals surface area (Å²) >= 11 is 0. The number of imide groups is 1. The maximum atomic E-state index is 12.9. The van der Waals surface area contributed by atoms with E-state index in [2.05, 4.69) is 31.0 Å². The Morgan fingerprint density at radius 3 is 2.35 bits per heavy atom. The molecule has 6 nitrogen and oxygen atoms in total. The van der Waals surface area contributed by atoms with Gasteiger partial charge < -0.3 is 10.1 Å². The molecule has 1 spiro atoms. The van der Waals surface area contributed by atoms with Crippen LogP contribution >= 0.6 is 0 Å². The first-order chi connectivity index (χ1) is 10.8. The first-order valence-electron chi connectivity index (χ1n) is 8.79. The van der Waals surface area contributed by atoms with Crippen LogP contribution in [0.1, 0.15) is 46.5 Å². The minimum atomic E-state index is -0.663. The monoisotopic (exact) mass is 323 g/mol. The minimum absolute atomic E-state index is 0.0115. The number of hydrogen-bond acceptors (Lipinski definition) is 4. The topological polar surface area (TPSA) is 61.9 Å². The fraction of sp³-hybridized carbons (Fsp3) is 0.882. The molecule has 130 valence electrons. The molecule has 0 saturated carbocycles. The van der Waals surface area contributed by atoms with E-state index < -0.39 is 5.54 Å². The Hall–Kier alpha value is -1.14. The van der Waals surface area contributed by atoms with E-state index >= 15 is 0 Å². The second-order valence-electron chi connectivity index (χ2n) is 8.14. The van der Waals surface area contributed by atoms with Crippen LogP contribution in [-0.4, -0.2) is 65.7 Å². The molecule has 3 amide bonds. The van der Waals surface area contributed by atoms with Crippen molar-refractivity contribution < 1.29 is 14.3 Å². The Morgan fingerprint density at radius 1 is 1.17 bits per heavy atom. The molecule has 23 heavy (non-hydrogen) atoms. The highest BCUT2D eigenvalue weighted by molar-refractivity contribution is 6.07. The van der Waals surface area contributed by atoms with Crippen LogP contribution < -0.4 is 5.32 Å². The van der Waals surface area contributed by atoms with E-state index in [1.54, 1.807) is 0 Å². The summed E-state index contributed by atoms with van der Waals surface area (Å²) in [7, 11) is 0. The molecule has 3 fully saturated rings. The summed E-state index contributed by atoms with van der Waals surface area (Å²) < 4.78 is 5.36. The number of hydrogen-bond donors (Lipinski definition) is 1. The molecular weight excluding hydrogens is 294 g/mol. The van der Waals surface area contributed by atoms with Gasteiger partial charge in [-0.05, 0) is 52.4 Å². The van der Waals surface area contributed by atoms with Gasteiger partial charge in [0.2, 0.25) is 0 Å². The fourth-order valence-corrected chi connectivity index (χ4v) is 3.93. The zero-order chi connectivity index (χ0) is 16.7. The first-order valence-corrected chi connectivity index (χ1v) is 8.79. The van der Waals surface area contributed by atoms with Gasteiger partial charge in [-0.25, -0.2) is 4.79 Å². The Morgan fingerprint density at radius 2 is 1.78 bits per heavy atom. The molecule has 3 heterocycles. The summed E-state index contributed by atoms with van der Waals surface area (Å²) in [5.74, 6) is 0.366. The summed E-state index contributed by atoms with van der Waals surface area (Å²) in [5, 5.41) is 3.01. The fourth-order valence-electron chi connectivity index (χ4n) is 3.93. The second-order valence-corrected chi connectivity index (χ2v) is 8.14. The van der Waals surface area contributed by atoms with Crippen LogP contribution in [0.3, 0.4) is 0 Å². The average molecular weight is 323 g/mol. The Bertz CT molecular complexity index is 472. The van der Waals surface area contributed by atoms with Gasteiger partial charge in [-0.1, -0.05) is 0 Å². The highest BCUT2D eigenvalue weighted by Crippen LogP contribution is 2.33. The lowest BCUT2D eigenvalue weighted by atomic mass is 9.85. The maximum Gasteiger partial charge on any atom is 0.325 e. The highest BCUT2D eigenvalue weighted by atomic mass is 16.5. The van der Waals surface area contributed by atoms with Crippen molar-refractivity contribution >= 4 is 11.9 Å². The van der Waals surface area contributed by atoms with Crippen molar-refractivity contribution in [2.45, 2.75) is 57.5 Å². The van der Waals surface area contributed by atoms with E-state index in [4.69, 9.17) is 4.74 Å². The number of piperidine rings is 1. The quantitative estimate of drug-likeness (QED) is 0.784. The Balaban J connectivity index is 1.64. The van der Waals surface area contributed by atoms with Gasteiger partial charge in [0, 0.05) is 38.4 Å². The number of nitrogens with one attached hydrogen (secondary N) is 1.